The van der Waals surface area contributed by atoms with E-state index in [0.29, 0.717) is 46.2 Å². The average Bonchev–Trinajstić information content (AvgIpc) is 2.92. The Kier molecular flexibility index (Phi) is 5.43. The predicted molar refractivity (Wildman–Crippen MR) is 93.4 cm³/mol. The van der Waals surface area contributed by atoms with Crippen LogP contribution in [0, 0.1) is 0 Å². The van der Waals surface area contributed by atoms with E-state index in [9.17, 15) is 9.90 Å². The largest absolute Gasteiger partial charge is 0.477 e. The Hall–Kier alpha value is -1.57. The van der Waals surface area contributed by atoms with Crippen molar-refractivity contribution >= 4 is 33.4 Å². The molecule has 2 N–H and O–H groups in total. The molecule has 1 aliphatic heterocycles. The van der Waals surface area contributed by atoms with Crippen molar-refractivity contribution in [3.8, 4) is 5.88 Å². The van der Waals surface area contributed by atoms with Gasteiger partial charge in [0.1, 0.15) is 4.47 Å². The molecule has 1 aliphatic rings. The van der Waals surface area contributed by atoms with E-state index in [-0.39, 0.29) is 5.91 Å². The minimum Gasteiger partial charge on any atom is -0.477 e. The van der Waals surface area contributed by atoms with Gasteiger partial charge in [-0.15, -0.1) is 0 Å². The Morgan fingerprint density at radius 1 is 1.50 bits per heavy atom. The van der Waals surface area contributed by atoms with E-state index >= 15 is 0 Å². The lowest BCUT2D eigenvalue weighted by Gasteiger charge is -2.14. The summed E-state index contributed by atoms with van der Waals surface area (Å²) in [5.74, 6) is 0.279. The fraction of sp³-hybridized carbons (Fsp3) is 0.375. The van der Waals surface area contributed by atoms with Gasteiger partial charge >= 0.3 is 0 Å². The number of aryl methyl sites for hydroxylation is 1. The molecule has 6 nitrogen and oxygen atoms in total. The summed E-state index contributed by atoms with van der Waals surface area (Å²) in [6.45, 7) is 1.66. The fourth-order valence-corrected chi connectivity index (χ4v) is 3.39. The molecule has 0 aliphatic carbocycles. The van der Waals surface area contributed by atoms with E-state index in [2.05, 4.69) is 26.3 Å². The quantitative estimate of drug-likeness (QED) is 0.789. The zero-order valence-electron chi connectivity index (χ0n) is 12.8. The molecular weight excluding hydrogens is 398 g/mol. The molecule has 0 saturated carbocycles. The SMILES string of the molecule is O=C(NCCC(O)c1ccccc1Cl)c1nn2c(c1Br)OCCC2. The number of hydrogen-bond acceptors (Lipinski definition) is 4. The maximum atomic E-state index is 12.3. The van der Waals surface area contributed by atoms with Gasteiger partial charge in [-0.1, -0.05) is 29.8 Å². The second kappa shape index (κ2) is 7.55. The molecule has 1 amide bonds. The number of ether oxygens (including phenoxy) is 1. The van der Waals surface area contributed by atoms with Gasteiger partial charge in [0.25, 0.3) is 5.91 Å². The Bertz CT molecular complexity index is 750. The zero-order chi connectivity index (χ0) is 17.1. The number of amides is 1. The molecule has 2 heterocycles. The van der Waals surface area contributed by atoms with E-state index in [0.717, 1.165) is 13.0 Å². The van der Waals surface area contributed by atoms with Crippen LogP contribution in [0.15, 0.2) is 28.7 Å². The molecule has 2 aromatic rings. The number of carbonyl (C=O) groups excluding carboxylic acids is 1. The number of carbonyl (C=O) groups is 1. The van der Waals surface area contributed by atoms with Gasteiger partial charge in [0.2, 0.25) is 5.88 Å². The number of aliphatic hydroxyl groups is 1. The van der Waals surface area contributed by atoms with Gasteiger partial charge in [-0.05, 0) is 34.0 Å². The normalized spacial score (nSPS) is 14.6. The summed E-state index contributed by atoms with van der Waals surface area (Å²) in [6.07, 6.45) is 0.490. The molecule has 0 spiro atoms. The first-order chi connectivity index (χ1) is 11.6. The van der Waals surface area contributed by atoms with Crippen LogP contribution in [0.4, 0.5) is 0 Å². The van der Waals surface area contributed by atoms with Crippen LogP contribution in [0.2, 0.25) is 5.02 Å². The fourth-order valence-electron chi connectivity index (χ4n) is 2.55. The van der Waals surface area contributed by atoms with Gasteiger partial charge in [0, 0.05) is 24.5 Å². The highest BCUT2D eigenvalue weighted by molar-refractivity contribution is 9.10. The van der Waals surface area contributed by atoms with Crippen LogP contribution >= 0.6 is 27.5 Å². The van der Waals surface area contributed by atoms with Gasteiger partial charge < -0.3 is 15.2 Å². The second-order valence-electron chi connectivity index (χ2n) is 5.47. The summed E-state index contributed by atoms with van der Waals surface area (Å²) in [4.78, 5) is 12.3. The standard InChI is InChI=1S/C16H17BrClN3O3/c17-13-14(20-21-8-3-9-24-16(13)21)15(23)19-7-6-12(22)10-4-1-2-5-11(10)18/h1-2,4-5,12,22H,3,6-9H2,(H,19,23). The van der Waals surface area contributed by atoms with E-state index in [1.165, 1.54) is 0 Å². The Morgan fingerprint density at radius 3 is 3.04 bits per heavy atom. The van der Waals surface area contributed by atoms with Gasteiger partial charge in [0.05, 0.1) is 12.7 Å². The van der Waals surface area contributed by atoms with Crippen LogP contribution in [-0.2, 0) is 6.54 Å². The van der Waals surface area contributed by atoms with Crippen LogP contribution in [0.3, 0.4) is 0 Å². The number of rotatable bonds is 5. The van der Waals surface area contributed by atoms with E-state index in [1.54, 1.807) is 22.9 Å². The van der Waals surface area contributed by atoms with E-state index in [1.807, 2.05) is 6.07 Å². The van der Waals surface area contributed by atoms with Crippen molar-refractivity contribution in [3.63, 3.8) is 0 Å². The first-order valence-corrected chi connectivity index (χ1v) is 8.85. The highest BCUT2D eigenvalue weighted by atomic mass is 79.9. The molecule has 1 aromatic heterocycles. The predicted octanol–water partition coefficient (Wildman–Crippen LogP) is 2.94. The third-order valence-corrected chi connectivity index (χ3v) is 4.85. The van der Waals surface area contributed by atoms with Gasteiger partial charge in [-0.3, -0.25) is 4.79 Å². The monoisotopic (exact) mass is 413 g/mol. The molecular formula is C16H17BrClN3O3. The molecule has 1 unspecified atom stereocenters. The smallest absolute Gasteiger partial charge is 0.273 e. The Labute approximate surface area is 152 Å². The number of hydrogen-bond donors (Lipinski definition) is 2. The number of fused-ring (bicyclic) bond motifs is 1. The number of nitrogens with one attached hydrogen (secondary N) is 1. The molecule has 0 saturated heterocycles. The highest BCUT2D eigenvalue weighted by Crippen LogP contribution is 2.31. The van der Waals surface area contributed by atoms with Crippen molar-refractivity contribution in [3.05, 3.63) is 45.0 Å². The van der Waals surface area contributed by atoms with Crippen molar-refractivity contribution in [2.75, 3.05) is 13.2 Å². The van der Waals surface area contributed by atoms with Crippen molar-refractivity contribution in [2.24, 2.45) is 0 Å². The van der Waals surface area contributed by atoms with Gasteiger partial charge in [-0.2, -0.15) is 5.10 Å². The van der Waals surface area contributed by atoms with Crippen LogP contribution in [0.5, 0.6) is 5.88 Å². The molecule has 8 heteroatoms. The van der Waals surface area contributed by atoms with Gasteiger partial charge in [-0.25, -0.2) is 4.68 Å². The zero-order valence-corrected chi connectivity index (χ0v) is 15.2. The van der Waals surface area contributed by atoms with Crippen molar-refractivity contribution in [2.45, 2.75) is 25.5 Å². The van der Waals surface area contributed by atoms with Crippen LogP contribution in [0.1, 0.15) is 35.0 Å². The van der Waals surface area contributed by atoms with Crippen LogP contribution < -0.4 is 10.1 Å². The summed E-state index contributed by atoms with van der Waals surface area (Å²) in [6, 6.07) is 7.12. The first-order valence-electron chi connectivity index (χ1n) is 7.67. The van der Waals surface area contributed by atoms with Crippen molar-refractivity contribution in [1.29, 1.82) is 0 Å². The number of benzene rings is 1. The lowest BCUT2D eigenvalue weighted by atomic mass is 10.1. The molecule has 3 rings (SSSR count). The number of nitrogens with zero attached hydrogens (tertiary/aromatic N) is 2. The maximum Gasteiger partial charge on any atom is 0.273 e. The number of aromatic nitrogens is 2. The van der Waals surface area contributed by atoms with Crippen LogP contribution in [-0.4, -0.2) is 33.9 Å². The third kappa shape index (κ3) is 3.58. The molecule has 1 aromatic carbocycles. The minimum atomic E-state index is -0.735. The average molecular weight is 415 g/mol. The first kappa shape index (κ1) is 17.3. The summed E-state index contributed by atoms with van der Waals surface area (Å²) < 4.78 is 7.76. The molecule has 0 bridgehead atoms. The Balaban J connectivity index is 1.58. The summed E-state index contributed by atoms with van der Waals surface area (Å²) in [7, 11) is 0. The molecule has 1 atom stereocenters. The molecule has 0 radical (unpaired) electrons. The third-order valence-electron chi connectivity index (χ3n) is 3.79. The van der Waals surface area contributed by atoms with Crippen LogP contribution in [0.25, 0.3) is 0 Å². The summed E-state index contributed by atoms with van der Waals surface area (Å²) in [5, 5.41) is 17.7. The topological polar surface area (TPSA) is 76.4 Å². The lowest BCUT2D eigenvalue weighted by Crippen LogP contribution is -2.26. The Morgan fingerprint density at radius 2 is 2.29 bits per heavy atom. The van der Waals surface area contributed by atoms with E-state index < -0.39 is 6.10 Å². The van der Waals surface area contributed by atoms with Gasteiger partial charge in [0.15, 0.2) is 5.69 Å². The molecule has 128 valence electrons. The second-order valence-corrected chi connectivity index (χ2v) is 6.67. The highest BCUT2D eigenvalue weighted by Gasteiger charge is 2.24. The van der Waals surface area contributed by atoms with Crippen molar-refractivity contribution < 1.29 is 14.6 Å². The number of aliphatic hydroxyl groups excluding tert-OH is 1. The number of halogens is 2. The van der Waals surface area contributed by atoms with E-state index in [4.69, 9.17) is 16.3 Å². The minimum absolute atomic E-state index is 0.291. The summed E-state index contributed by atoms with van der Waals surface area (Å²) in [5.41, 5.74) is 0.944. The molecule has 24 heavy (non-hydrogen) atoms. The maximum absolute atomic E-state index is 12.3. The summed E-state index contributed by atoms with van der Waals surface area (Å²) >= 11 is 9.42. The van der Waals surface area contributed by atoms with Crippen molar-refractivity contribution in [1.82, 2.24) is 15.1 Å². The molecule has 0 fully saturated rings. The lowest BCUT2D eigenvalue weighted by molar-refractivity contribution is 0.0936.